The van der Waals surface area contributed by atoms with Gasteiger partial charge in [-0.15, -0.1) is 0 Å². The van der Waals surface area contributed by atoms with Crippen molar-refractivity contribution in [1.29, 1.82) is 0 Å². The zero-order valence-corrected chi connectivity index (χ0v) is 10.3. The van der Waals surface area contributed by atoms with Crippen LogP contribution in [0.3, 0.4) is 0 Å². The highest BCUT2D eigenvalue weighted by Gasteiger charge is 2.23. The van der Waals surface area contributed by atoms with Crippen molar-refractivity contribution in [1.82, 2.24) is 10.2 Å². The second-order valence-corrected chi connectivity index (χ2v) is 4.63. The van der Waals surface area contributed by atoms with Crippen molar-refractivity contribution in [3.8, 4) is 0 Å². The molecule has 1 N–H and O–H groups in total. The van der Waals surface area contributed by atoms with E-state index in [9.17, 15) is 4.79 Å². The van der Waals surface area contributed by atoms with Crippen LogP contribution in [-0.4, -0.2) is 30.9 Å². The van der Waals surface area contributed by atoms with Gasteiger partial charge >= 0.3 is 0 Å². The first-order valence-corrected chi connectivity index (χ1v) is 6.18. The zero-order chi connectivity index (χ0) is 12.1. The number of nitrogens with zero attached hydrogens (tertiary/aromatic N) is 1. The Hall–Kier alpha value is -1.35. The van der Waals surface area contributed by atoms with Crippen LogP contribution in [0.5, 0.6) is 0 Å². The van der Waals surface area contributed by atoms with Gasteiger partial charge in [-0.3, -0.25) is 4.79 Å². The van der Waals surface area contributed by atoms with Crippen LogP contribution in [0.15, 0.2) is 24.3 Å². The summed E-state index contributed by atoms with van der Waals surface area (Å²) in [6, 6.07) is 10.8. The number of hydrogen-bond donors (Lipinski definition) is 1. The molecule has 1 aliphatic heterocycles. The van der Waals surface area contributed by atoms with E-state index in [1.807, 2.05) is 36.2 Å². The first kappa shape index (κ1) is 12.1. The van der Waals surface area contributed by atoms with Gasteiger partial charge in [-0.2, -0.15) is 0 Å². The molecule has 3 nitrogen and oxygen atoms in total. The predicted octanol–water partition coefficient (Wildman–Crippen LogP) is 1.44. The summed E-state index contributed by atoms with van der Waals surface area (Å²) in [5.41, 5.74) is 1.16. The van der Waals surface area contributed by atoms with Gasteiger partial charge in [0.05, 0.1) is 0 Å². The third-order valence-electron chi connectivity index (χ3n) is 3.27. The molecule has 17 heavy (non-hydrogen) atoms. The van der Waals surface area contributed by atoms with Crippen LogP contribution in [0.4, 0.5) is 0 Å². The Balaban J connectivity index is 1.90. The summed E-state index contributed by atoms with van der Waals surface area (Å²) in [4.78, 5) is 14.0. The molecule has 1 radical (unpaired) electrons. The maximum Gasteiger partial charge on any atom is 0.225 e. The molecule has 0 unspecified atom stereocenters. The number of carbonyl (C=O) groups is 1. The van der Waals surface area contributed by atoms with Gasteiger partial charge in [-0.25, -0.2) is 0 Å². The fraction of sp³-hybridized carbons (Fsp3) is 0.500. The van der Waals surface area contributed by atoms with E-state index in [1.165, 1.54) is 0 Å². The lowest BCUT2D eigenvalue weighted by molar-refractivity contribution is -0.135. The van der Waals surface area contributed by atoms with Crippen molar-refractivity contribution < 1.29 is 4.79 Å². The van der Waals surface area contributed by atoms with E-state index in [2.05, 4.69) is 11.4 Å². The van der Waals surface area contributed by atoms with Crippen LogP contribution in [0.25, 0.3) is 0 Å². The van der Waals surface area contributed by atoms with Crippen molar-refractivity contribution in [2.24, 2.45) is 5.92 Å². The molecule has 2 rings (SSSR count). The highest BCUT2D eigenvalue weighted by molar-refractivity contribution is 5.78. The second-order valence-electron chi connectivity index (χ2n) is 4.63. The Kier molecular flexibility index (Phi) is 4.15. The van der Waals surface area contributed by atoms with Crippen LogP contribution < -0.4 is 5.32 Å². The summed E-state index contributed by atoms with van der Waals surface area (Å²) in [6.07, 6.45) is 1.93. The van der Waals surface area contributed by atoms with Crippen LogP contribution in [0.1, 0.15) is 18.4 Å². The van der Waals surface area contributed by atoms with Crippen LogP contribution in [0, 0.1) is 12.0 Å². The van der Waals surface area contributed by atoms with Gasteiger partial charge in [-0.1, -0.05) is 24.3 Å². The van der Waals surface area contributed by atoms with Crippen molar-refractivity contribution in [3.63, 3.8) is 0 Å². The van der Waals surface area contributed by atoms with Crippen LogP contribution in [-0.2, 0) is 11.3 Å². The van der Waals surface area contributed by atoms with Gasteiger partial charge in [-0.05, 0) is 37.6 Å². The van der Waals surface area contributed by atoms with Crippen LogP contribution >= 0.6 is 0 Å². The summed E-state index contributed by atoms with van der Waals surface area (Å²) in [7, 11) is 1.89. The molecule has 1 heterocycles. The molecule has 3 heteroatoms. The van der Waals surface area contributed by atoms with E-state index in [0.717, 1.165) is 31.5 Å². The van der Waals surface area contributed by atoms with E-state index < -0.39 is 0 Å². The molecular weight excluding hydrogens is 212 g/mol. The highest BCUT2D eigenvalue weighted by Crippen LogP contribution is 2.15. The molecule has 1 amide bonds. The molecule has 0 aliphatic carbocycles. The summed E-state index contributed by atoms with van der Waals surface area (Å²) in [5, 5.41) is 3.28. The van der Waals surface area contributed by atoms with E-state index >= 15 is 0 Å². The minimum Gasteiger partial charge on any atom is -0.341 e. The number of hydrogen-bond acceptors (Lipinski definition) is 2. The molecule has 0 bridgehead atoms. The number of rotatable bonds is 3. The van der Waals surface area contributed by atoms with E-state index in [-0.39, 0.29) is 11.8 Å². The maximum atomic E-state index is 12.2. The van der Waals surface area contributed by atoms with Gasteiger partial charge < -0.3 is 10.2 Å². The third-order valence-corrected chi connectivity index (χ3v) is 3.27. The Labute approximate surface area is 103 Å². The smallest absolute Gasteiger partial charge is 0.225 e. The topological polar surface area (TPSA) is 32.3 Å². The molecule has 1 aromatic carbocycles. The molecular formula is C14H19N2O. The monoisotopic (exact) mass is 231 g/mol. The molecule has 1 aliphatic rings. The van der Waals surface area contributed by atoms with Crippen molar-refractivity contribution in [3.05, 3.63) is 35.9 Å². The Bertz CT molecular complexity index is 358. The molecule has 91 valence electrons. The fourth-order valence-corrected chi connectivity index (χ4v) is 2.26. The number of benzene rings is 1. The van der Waals surface area contributed by atoms with Gasteiger partial charge in [0.1, 0.15) is 0 Å². The Morgan fingerprint density at radius 3 is 2.71 bits per heavy atom. The Morgan fingerprint density at radius 2 is 2.06 bits per heavy atom. The first-order valence-electron chi connectivity index (χ1n) is 6.18. The molecule has 0 spiro atoms. The standard InChI is InChI=1S/C14H19N2O/c1-16(11-12-5-3-2-4-6-12)14(17)13-7-9-15-10-8-13/h3-6,13,15H,7-11H2,1H3. The van der Waals surface area contributed by atoms with Crippen molar-refractivity contribution >= 4 is 5.91 Å². The minimum atomic E-state index is 0.205. The third kappa shape index (κ3) is 3.30. The zero-order valence-electron chi connectivity index (χ0n) is 10.3. The van der Waals surface area contributed by atoms with E-state index in [0.29, 0.717) is 6.54 Å². The fourth-order valence-electron chi connectivity index (χ4n) is 2.26. The number of piperidine rings is 1. The van der Waals surface area contributed by atoms with E-state index in [4.69, 9.17) is 0 Å². The number of carbonyl (C=O) groups excluding carboxylic acids is 1. The maximum absolute atomic E-state index is 12.2. The van der Waals surface area contributed by atoms with Crippen LogP contribution in [0.2, 0.25) is 0 Å². The molecule has 1 saturated heterocycles. The minimum absolute atomic E-state index is 0.205. The molecule has 1 aromatic rings. The Morgan fingerprint density at radius 1 is 1.41 bits per heavy atom. The summed E-state index contributed by atoms with van der Waals surface area (Å²) < 4.78 is 0. The molecule has 0 atom stereocenters. The first-order chi connectivity index (χ1) is 8.27. The summed E-state index contributed by atoms with van der Waals surface area (Å²) in [6.45, 7) is 2.62. The molecule has 0 aromatic heterocycles. The van der Waals surface area contributed by atoms with Gasteiger partial charge in [0.2, 0.25) is 5.91 Å². The van der Waals surface area contributed by atoms with E-state index in [1.54, 1.807) is 0 Å². The van der Waals surface area contributed by atoms with Crippen molar-refractivity contribution in [2.75, 3.05) is 20.1 Å². The SMILES string of the molecule is CN(Cc1cc[c]cc1)C(=O)C1CCNCC1. The predicted molar refractivity (Wildman–Crippen MR) is 67.3 cm³/mol. The average Bonchev–Trinajstić information content (AvgIpc) is 2.40. The second kappa shape index (κ2) is 5.82. The van der Waals surface area contributed by atoms with Gasteiger partial charge in [0.15, 0.2) is 0 Å². The highest BCUT2D eigenvalue weighted by atomic mass is 16.2. The van der Waals surface area contributed by atoms with Crippen molar-refractivity contribution in [2.45, 2.75) is 19.4 Å². The average molecular weight is 231 g/mol. The summed E-state index contributed by atoms with van der Waals surface area (Å²) >= 11 is 0. The van der Waals surface area contributed by atoms with Gasteiger partial charge in [0.25, 0.3) is 0 Å². The normalized spacial score (nSPS) is 16.8. The largest absolute Gasteiger partial charge is 0.341 e. The lowest BCUT2D eigenvalue weighted by atomic mass is 9.96. The molecule has 1 fully saturated rings. The quantitative estimate of drug-likeness (QED) is 0.854. The number of amides is 1. The lowest BCUT2D eigenvalue weighted by Gasteiger charge is -2.27. The lowest BCUT2D eigenvalue weighted by Crippen LogP contribution is -2.38. The number of nitrogens with one attached hydrogen (secondary N) is 1. The molecule has 0 saturated carbocycles. The van der Waals surface area contributed by atoms with Gasteiger partial charge in [0, 0.05) is 19.5 Å². The summed E-state index contributed by atoms with van der Waals surface area (Å²) in [5.74, 6) is 0.482.